The predicted molar refractivity (Wildman–Crippen MR) is 81.6 cm³/mol. The summed E-state index contributed by atoms with van der Waals surface area (Å²) in [7, 11) is -4.02. The van der Waals surface area contributed by atoms with E-state index in [9.17, 15) is 8.42 Å². The molecule has 0 aliphatic heterocycles. The van der Waals surface area contributed by atoms with Gasteiger partial charge in [-0.1, -0.05) is 52.6 Å². The Labute approximate surface area is 121 Å². The molecule has 1 N–H and O–H groups in total. The summed E-state index contributed by atoms with van der Waals surface area (Å²) in [6.45, 7) is 8.22. The standard InChI is InChI=1S/C9H12.C7H8O3S/c1-7-4-8(2)6-9(3)5-7;1-6-2-4-7(5-3-6)11(8,9)10/h4-6H,1-3H3;2-5H,1H3,(H,8,9,10). The summed E-state index contributed by atoms with van der Waals surface area (Å²) in [5, 5.41) is 0. The van der Waals surface area contributed by atoms with Crippen LogP contribution in [0, 0.1) is 27.7 Å². The van der Waals surface area contributed by atoms with Crippen LogP contribution < -0.4 is 0 Å². The molecule has 0 saturated carbocycles. The van der Waals surface area contributed by atoms with Crippen molar-refractivity contribution in [2.45, 2.75) is 32.6 Å². The van der Waals surface area contributed by atoms with Crippen LogP contribution in [0.5, 0.6) is 0 Å². The van der Waals surface area contributed by atoms with Gasteiger partial charge in [0, 0.05) is 0 Å². The highest BCUT2D eigenvalue weighted by Crippen LogP contribution is 2.08. The molecule has 0 amide bonds. The van der Waals surface area contributed by atoms with Gasteiger partial charge >= 0.3 is 0 Å². The Morgan fingerprint density at radius 2 is 1.05 bits per heavy atom. The highest BCUT2D eigenvalue weighted by molar-refractivity contribution is 7.85. The van der Waals surface area contributed by atoms with Crippen molar-refractivity contribution in [2.75, 3.05) is 0 Å². The zero-order valence-electron chi connectivity index (χ0n) is 12.2. The SMILES string of the molecule is Cc1cc(C)cc(C)c1.Cc1ccc(S(=O)(=O)O)cc1. The fourth-order valence-electron chi connectivity index (χ4n) is 1.91. The Kier molecular flexibility index (Phi) is 5.48. The quantitative estimate of drug-likeness (QED) is 0.812. The fraction of sp³-hybridized carbons (Fsp3) is 0.250. The lowest BCUT2D eigenvalue weighted by Crippen LogP contribution is -1.96. The minimum absolute atomic E-state index is 0.0666. The van der Waals surface area contributed by atoms with Crippen LogP contribution in [0.25, 0.3) is 0 Å². The number of hydrogen-bond donors (Lipinski definition) is 1. The predicted octanol–water partition coefficient (Wildman–Crippen LogP) is 3.85. The van der Waals surface area contributed by atoms with Crippen LogP contribution in [0.3, 0.4) is 0 Å². The molecule has 2 rings (SSSR count). The van der Waals surface area contributed by atoms with Crippen molar-refractivity contribution in [3.63, 3.8) is 0 Å². The summed E-state index contributed by atoms with van der Waals surface area (Å²) < 4.78 is 29.6. The van der Waals surface area contributed by atoms with Gasteiger partial charge in [-0.05, 0) is 39.8 Å². The second-order valence-corrected chi connectivity index (χ2v) is 6.37. The molecule has 0 bridgehead atoms. The first kappa shape index (κ1) is 16.4. The second-order valence-electron chi connectivity index (χ2n) is 4.95. The monoisotopic (exact) mass is 292 g/mol. The van der Waals surface area contributed by atoms with Crippen LogP contribution in [0.15, 0.2) is 47.4 Å². The molecule has 0 aliphatic carbocycles. The highest BCUT2D eigenvalue weighted by Gasteiger charge is 2.06. The van der Waals surface area contributed by atoms with E-state index in [1.165, 1.54) is 28.8 Å². The number of aryl methyl sites for hydroxylation is 4. The molecule has 0 saturated heterocycles. The van der Waals surface area contributed by atoms with E-state index in [1.54, 1.807) is 12.1 Å². The van der Waals surface area contributed by atoms with Gasteiger partial charge in [-0.15, -0.1) is 0 Å². The molecule has 2 aromatic carbocycles. The topological polar surface area (TPSA) is 54.4 Å². The van der Waals surface area contributed by atoms with E-state index >= 15 is 0 Å². The van der Waals surface area contributed by atoms with Crippen molar-refractivity contribution in [3.05, 3.63) is 64.7 Å². The molecule has 0 aromatic heterocycles. The van der Waals surface area contributed by atoms with Crippen LogP contribution in [0.1, 0.15) is 22.3 Å². The van der Waals surface area contributed by atoms with Crippen molar-refractivity contribution >= 4 is 10.1 Å². The third-order valence-corrected chi connectivity index (χ3v) is 3.55. The molecule has 2 aromatic rings. The van der Waals surface area contributed by atoms with Crippen LogP contribution in [0.4, 0.5) is 0 Å². The van der Waals surface area contributed by atoms with E-state index in [1.807, 2.05) is 6.92 Å². The Bertz CT molecular complexity index is 621. The number of hydrogen-bond acceptors (Lipinski definition) is 2. The van der Waals surface area contributed by atoms with Crippen LogP contribution in [0.2, 0.25) is 0 Å². The van der Waals surface area contributed by atoms with Gasteiger partial charge in [-0.2, -0.15) is 8.42 Å². The molecule has 0 unspecified atom stereocenters. The third-order valence-electron chi connectivity index (χ3n) is 2.68. The zero-order chi connectivity index (χ0) is 15.3. The van der Waals surface area contributed by atoms with Gasteiger partial charge in [0.15, 0.2) is 0 Å². The Balaban J connectivity index is 0.000000204. The first-order chi connectivity index (χ1) is 9.18. The van der Waals surface area contributed by atoms with E-state index in [4.69, 9.17) is 4.55 Å². The van der Waals surface area contributed by atoms with Gasteiger partial charge in [-0.3, -0.25) is 4.55 Å². The van der Waals surface area contributed by atoms with Gasteiger partial charge in [0.25, 0.3) is 10.1 Å². The number of benzene rings is 2. The van der Waals surface area contributed by atoms with Crippen molar-refractivity contribution in [3.8, 4) is 0 Å². The summed E-state index contributed by atoms with van der Waals surface area (Å²) in [6.07, 6.45) is 0. The van der Waals surface area contributed by atoms with Gasteiger partial charge in [0.2, 0.25) is 0 Å². The molecule has 4 heteroatoms. The maximum Gasteiger partial charge on any atom is 0.294 e. The summed E-state index contributed by atoms with van der Waals surface area (Å²) >= 11 is 0. The molecule has 0 atom stereocenters. The van der Waals surface area contributed by atoms with E-state index in [2.05, 4.69) is 39.0 Å². The zero-order valence-corrected chi connectivity index (χ0v) is 13.0. The van der Waals surface area contributed by atoms with E-state index in [0.29, 0.717) is 0 Å². The lowest BCUT2D eigenvalue weighted by Gasteiger charge is -1.96. The minimum Gasteiger partial charge on any atom is -0.282 e. The van der Waals surface area contributed by atoms with Crippen molar-refractivity contribution in [1.82, 2.24) is 0 Å². The molecule has 20 heavy (non-hydrogen) atoms. The summed E-state index contributed by atoms with van der Waals surface area (Å²) in [4.78, 5) is -0.0666. The van der Waals surface area contributed by atoms with Crippen molar-refractivity contribution in [2.24, 2.45) is 0 Å². The highest BCUT2D eigenvalue weighted by atomic mass is 32.2. The maximum atomic E-state index is 10.5. The summed E-state index contributed by atoms with van der Waals surface area (Å²) in [5.41, 5.74) is 5.02. The molecule has 0 fully saturated rings. The Morgan fingerprint density at radius 3 is 1.35 bits per heavy atom. The fourth-order valence-corrected chi connectivity index (χ4v) is 2.39. The Hall–Kier alpha value is -1.65. The molecular formula is C16H20O3S. The lowest BCUT2D eigenvalue weighted by atomic mass is 10.1. The van der Waals surface area contributed by atoms with Crippen molar-refractivity contribution < 1.29 is 13.0 Å². The minimum atomic E-state index is -4.02. The molecule has 0 aliphatic rings. The summed E-state index contributed by atoms with van der Waals surface area (Å²) in [6, 6.07) is 12.6. The lowest BCUT2D eigenvalue weighted by molar-refractivity contribution is 0.483. The average molecular weight is 292 g/mol. The molecule has 0 spiro atoms. The smallest absolute Gasteiger partial charge is 0.282 e. The largest absolute Gasteiger partial charge is 0.294 e. The molecule has 0 heterocycles. The van der Waals surface area contributed by atoms with Crippen LogP contribution in [-0.4, -0.2) is 13.0 Å². The first-order valence-electron chi connectivity index (χ1n) is 6.27. The molecule has 108 valence electrons. The van der Waals surface area contributed by atoms with E-state index < -0.39 is 10.1 Å². The number of rotatable bonds is 1. The van der Waals surface area contributed by atoms with Crippen LogP contribution in [-0.2, 0) is 10.1 Å². The second kappa shape index (κ2) is 6.68. The molecule has 3 nitrogen and oxygen atoms in total. The van der Waals surface area contributed by atoms with Crippen LogP contribution >= 0.6 is 0 Å². The summed E-state index contributed by atoms with van der Waals surface area (Å²) in [5.74, 6) is 0. The third kappa shape index (κ3) is 5.55. The first-order valence-corrected chi connectivity index (χ1v) is 7.71. The van der Waals surface area contributed by atoms with Gasteiger partial charge in [0.05, 0.1) is 4.90 Å². The normalized spacial score (nSPS) is 10.7. The molecule has 0 radical (unpaired) electrons. The Morgan fingerprint density at radius 1 is 0.700 bits per heavy atom. The van der Waals surface area contributed by atoms with Gasteiger partial charge in [-0.25, -0.2) is 0 Å². The van der Waals surface area contributed by atoms with Crippen molar-refractivity contribution in [1.29, 1.82) is 0 Å². The van der Waals surface area contributed by atoms with Gasteiger partial charge < -0.3 is 0 Å². The molecular weight excluding hydrogens is 272 g/mol. The van der Waals surface area contributed by atoms with E-state index in [0.717, 1.165) is 5.56 Å². The van der Waals surface area contributed by atoms with Gasteiger partial charge in [0.1, 0.15) is 0 Å². The maximum absolute atomic E-state index is 10.5. The average Bonchev–Trinajstić information content (AvgIpc) is 2.26. The van der Waals surface area contributed by atoms with E-state index in [-0.39, 0.29) is 4.90 Å².